The number of nitrogens with one attached hydrogen (secondary N) is 1. The second-order valence-corrected chi connectivity index (χ2v) is 5.61. The fraction of sp³-hybridized carbons (Fsp3) is 0.250. The Morgan fingerprint density at radius 1 is 1.15 bits per heavy atom. The van der Waals surface area contributed by atoms with E-state index in [0.29, 0.717) is 0 Å². The summed E-state index contributed by atoms with van der Waals surface area (Å²) in [7, 11) is 1.79. The number of rotatable bonds is 4. The molecule has 0 aliphatic rings. The SMILES string of the molecule is CNC(Cc1c(F)cccc1F)c1ccc(C)c(Br)c1. The lowest BCUT2D eigenvalue weighted by Crippen LogP contribution is -2.20. The van der Waals surface area contributed by atoms with Crippen LogP contribution in [0.5, 0.6) is 0 Å². The number of likely N-dealkylation sites (N-methyl/N-ethyl adjacent to an activating group) is 1. The molecule has 2 aromatic rings. The second-order valence-electron chi connectivity index (χ2n) is 4.75. The highest BCUT2D eigenvalue weighted by atomic mass is 79.9. The maximum atomic E-state index is 13.7. The average molecular weight is 340 g/mol. The molecule has 0 bridgehead atoms. The van der Waals surface area contributed by atoms with Crippen LogP contribution in [0.2, 0.25) is 0 Å². The summed E-state index contributed by atoms with van der Waals surface area (Å²) in [6, 6.07) is 9.76. The molecular weight excluding hydrogens is 324 g/mol. The number of hydrogen-bond acceptors (Lipinski definition) is 1. The van der Waals surface area contributed by atoms with Crippen LogP contribution in [0.4, 0.5) is 8.78 Å². The van der Waals surface area contributed by atoms with Crippen LogP contribution in [-0.2, 0) is 6.42 Å². The van der Waals surface area contributed by atoms with Crippen LogP contribution in [0.25, 0.3) is 0 Å². The summed E-state index contributed by atoms with van der Waals surface area (Å²) in [5, 5.41) is 3.11. The topological polar surface area (TPSA) is 12.0 Å². The summed E-state index contributed by atoms with van der Waals surface area (Å²) in [6.45, 7) is 2.00. The molecule has 0 heterocycles. The van der Waals surface area contributed by atoms with E-state index >= 15 is 0 Å². The predicted octanol–water partition coefficient (Wildman–Crippen LogP) is 4.54. The third-order valence-corrected chi connectivity index (χ3v) is 4.27. The molecule has 20 heavy (non-hydrogen) atoms. The van der Waals surface area contributed by atoms with E-state index in [1.165, 1.54) is 18.2 Å². The molecule has 1 nitrogen and oxygen atoms in total. The van der Waals surface area contributed by atoms with Crippen molar-refractivity contribution in [2.75, 3.05) is 7.05 Å². The van der Waals surface area contributed by atoms with Gasteiger partial charge in [0.25, 0.3) is 0 Å². The van der Waals surface area contributed by atoms with Gasteiger partial charge in [0.15, 0.2) is 0 Å². The molecule has 1 unspecified atom stereocenters. The van der Waals surface area contributed by atoms with Crippen molar-refractivity contribution >= 4 is 15.9 Å². The van der Waals surface area contributed by atoms with Crippen molar-refractivity contribution in [3.63, 3.8) is 0 Å². The highest BCUT2D eigenvalue weighted by Crippen LogP contribution is 2.26. The highest BCUT2D eigenvalue weighted by molar-refractivity contribution is 9.10. The van der Waals surface area contributed by atoms with Gasteiger partial charge in [0, 0.05) is 16.1 Å². The zero-order valence-corrected chi connectivity index (χ0v) is 13.0. The zero-order chi connectivity index (χ0) is 14.7. The van der Waals surface area contributed by atoms with Crippen LogP contribution in [0, 0.1) is 18.6 Å². The molecule has 0 fully saturated rings. The fourth-order valence-corrected chi connectivity index (χ4v) is 2.54. The van der Waals surface area contributed by atoms with E-state index in [-0.39, 0.29) is 18.0 Å². The Morgan fingerprint density at radius 2 is 1.80 bits per heavy atom. The molecule has 0 saturated heterocycles. The molecule has 0 spiro atoms. The lowest BCUT2D eigenvalue weighted by atomic mass is 9.97. The Bertz CT molecular complexity index is 593. The van der Waals surface area contributed by atoms with E-state index in [0.717, 1.165) is 15.6 Å². The first-order valence-corrected chi connectivity index (χ1v) is 7.18. The van der Waals surface area contributed by atoms with Gasteiger partial charge in [0.05, 0.1) is 0 Å². The Hall–Kier alpha value is -1.26. The fourth-order valence-electron chi connectivity index (χ4n) is 2.14. The molecule has 0 saturated carbocycles. The van der Waals surface area contributed by atoms with E-state index in [9.17, 15) is 8.78 Å². The van der Waals surface area contributed by atoms with Crippen LogP contribution >= 0.6 is 15.9 Å². The number of aryl methyl sites for hydroxylation is 1. The standard InChI is InChI=1S/C16H16BrF2N/c1-10-6-7-11(8-13(10)17)16(20-2)9-12-14(18)4-3-5-15(12)19/h3-8,16,20H,9H2,1-2H3. The second kappa shape index (κ2) is 6.46. The summed E-state index contributed by atoms with van der Waals surface area (Å²) >= 11 is 3.48. The van der Waals surface area contributed by atoms with Gasteiger partial charge in [0.1, 0.15) is 11.6 Å². The first-order valence-electron chi connectivity index (χ1n) is 6.39. The van der Waals surface area contributed by atoms with E-state index in [2.05, 4.69) is 21.2 Å². The Balaban J connectivity index is 2.31. The lowest BCUT2D eigenvalue weighted by Gasteiger charge is -2.18. The first kappa shape index (κ1) is 15.1. The predicted molar refractivity (Wildman–Crippen MR) is 80.7 cm³/mol. The number of halogens is 3. The third kappa shape index (κ3) is 3.25. The van der Waals surface area contributed by atoms with Crippen molar-refractivity contribution in [2.24, 2.45) is 0 Å². The Labute approximate surface area is 126 Å². The lowest BCUT2D eigenvalue weighted by molar-refractivity contribution is 0.515. The maximum Gasteiger partial charge on any atom is 0.129 e. The van der Waals surface area contributed by atoms with Crippen molar-refractivity contribution in [2.45, 2.75) is 19.4 Å². The van der Waals surface area contributed by atoms with Crippen molar-refractivity contribution in [1.82, 2.24) is 5.32 Å². The summed E-state index contributed by atoms with van der Waals surface area (Å²) in [5.74, 6) is -1.01. The third-order valence-electron chi connectivity index (χ3n) is 3.42. The van der Waals surface area contributed by atoms with E-state index < -0.39 is 11.6 Å². The van der Waals surface area contributed by atoms with Gasteiger partial charge in [-0.25, -0.2) is 8.78 Å². The minimum absolute atomic E-state index is 0.114. The van der Waals surface area contributed by atoms with Crippen molar-refractivity contribution in [3.05, 3.63) is 69.2 Å². The van der Waals surface area contributed by atoms with Crippen LogP contribution in [0.1, 0.15) is 22.7 Å². The molecular formula is C16H16BrF2N. The van der Waals surface area contributed by atoms with Crippen molar-refractivity contribution in [3.8, 4) is 0 Å². The monoisotopic (exact) mass is 339 g/mol. The van der Waals surface area contributed by atoms with E-state index in [1.54, 1.807) is 7.05 Å². The molecule has 1 atom stereocenters. The zero-order valence-electron chi connectivity index (χ0n) is 11.4. The Morgan fingerprint density at radius 3 is 2.35 bits per heavy atom. The van der Waals surface area contributed by atoms with Gasteiger partial charge in [-0.15, -0.1) is 0 Å². The number of hydrogen-bond donors (Lipinski definition) is 1. The Kier molecular flexibility index (Phi) is 4.89. The summed E-state index contributed by atoms with van der Waals surface area (Å²) in [4.78, 5) is 0. The van der Waals surface area contributed by atoms with E-state index in [1.807, 2.05) is 25.1 Å². The van der Waals surface area contributed by atoms with Gasteiger partial charge >= 0.3 is 0 Å². The van der Waals surface area contributed by atoms with Crippen molar-refractivity contribution in [1.29, 1.82) is 0 Å². The molecule has 0 radical (unpaired) electrons. The molecule has 106 valence electrons. The summed E-state index contributed by atoms with van der Waals surface area (Å²) in [6.07, 6.45) is 0.268. The van der Waals surface area contributed by atoms with Crippen molar-refractivity contribution < 1.29 is 8.78 Å². The maximum absolute atomic E-state index is 13.7. The van der Waals surface area contributed by atoms with Gasteiger partial charge in [-0.1, -0.05) is 34.1 Å². The van der Waals surface area contributed by atoms with Gasteiger partial charge in [0.2, 0.25) is 0 Å². The van der Waals surface area contributed by atoms with Gasteiger partial charge in [-0.2, -0.15) is 0 Å². The summed E-state index contributed by atoms with van der Waals surface area (Å²) in [5.41, 5.74) is 2.23. The van der Waals surface area contributed by atoms with Gasteiger partial charge < -0.3 is 5.32 Å². The molecule has 2 aromatic carbocycles. The van der Waals surface area contributed by atoms with Crippen LogP contribution < -0.4 is 5.32 Å². The molecule has 1 N–H and O–H groups in total. The normalized spacial score (nSPS) is 12.4. The average Bonchev–Trinajstić information content (AvgIpc) is 2.42. The molecule has 2 rings (SSSR count). The molecule has 0 amide bonds. The quantitative estimate of drug-likeness (QED) is 0.862. The minimum atomic E-state index is -0.503. The van der Waals surface area contributed by atoms with E-state index in [4.69, 9.17) is 0 Å². The van der Waals surface area contributed by atoms with Gasteiger partial charge in [-0.3, -0.25) is 0 Å². The first-order chi connectivity index (χ1) is 9.52. The molecule has 0 aliphatic heterocycles. The van der Waals surface area contributed by atoms with Gasteiger partial charge in [-0.05, 0) is 49.7 Å². The molecule has 0 aromatic heterocycles. The van der Waals surface area contributed by atoms with Crippen LogP contribution in [0.15, 0.2) is 40.9 Å². The number of benzene rings is 2. The molecule has 4 heteroatoms. The smallest absolute Gasteiger partial charge is 0.129 e. The summed E-state index contributed by atoms with van der Waals surface area (Å²) < 4.78 is 28.4. The van der Waals surface area contributed by atoms with Crippen LogP contribution in [0.3, 0.4) is 0 Å². The van der Waals surface area contributed by atoms with Crippen LogP contribution in [-0.4, -0.2) is 7.05 Å². The minimum Gasteiger partial charge on any atom is -0.313 e. The molecule has 0 aliphatic carbocycles. The highest BCUT2D eigenvalue weighted by Gasteiger charge is 2.16. The largest absolute Gasteiger partial charge is 0.313 e.